The van der Waals surface area contributed by atoms with Gasteiger partial charge >= 0.3 is 165 Å². The van der Waals surface area contributed by atoms with Gasteiger partial charge in [0.2, 0.25) is 0 Å². The summed E-state index contributed by atoms with van der Waals surface area (Å²) in [6, 6.07) is 12.3. The molecule has 194 valence electrons. The van der Waals surface area contributed by atoms with Gasteiger partial charge in [-0.25, -0.2) is 0 Å². The van der Waals surface area contributed by atoms with Crippen LogP contribution in [0.15, 0.2) is 58.5 Å². The molecule has 2 aromatic rings. The summed E-state index contributed by atoms with van der Waals surface area (Å²) in [7, 11) is 0. The molecule has 1 amide bonds. The van der Waals surface area contributed by atoms with Crippen molar-refractivity contribution in [2.75, 3.05) is 42.5 Å². The number of aliphatic hydroxyl groups is 1. The molecule has 1 atom stereocenters. The number of ether oxygens (including phenoxy) is 1. The zero-order valence-electron chi connectivity index (χ0n) is 21.0. The third-order valence-corrected chi connectivity index (χ3v) is 8.21. The fraction of sp³-hybridized carbons (Fsp3) is 0.393. The number of allylic oxidation sites excluding steroid dienone is 1. The van der Waals surface area contributed by atoms with Crippen LogP contribution < -0.4 is 37.0 Å². The second-order valence-corrected chi connectivity index (χ2v) is 12.3. The summed E-state index contributed by atoms with van der Waals surface area (Å²) >= 11 is 0.0262. The summed E-state index contributed by atoms with van der Waals surface area (Å²) in [5, 5.41) is 14.2. The standard InChI is InChI=1S/C28H36IN4O3/c1-3-29-10-8-23(16-30)31-24-14-20(2)27-26(15-24)28(35)33(12-13-36-27)19-25(34)18-32-11-9-21-6-4-5-7-22(21)17-32/h4-8,10,14-16,25,31,34H,3,9,11-13,17-19,30H2,1-2H3/q-1/b10-8-,23-16+. The first-order chi connectivity index (χ1) is 17.5. The van der Waals surface area contributed by atoms with Crippen LogP contribution >= 0.6 is 0 Å². The molecule has 0 aromatic heterocycles. The maximum atomic E-state index is 13.5. The molecule has 8 heteroatoms. The monoisotopic (exact) mass is 603 g/mol. The van der Waals surface area contributed by atoms with Crippen molar-refractivity contribution in [1.82, 2.24) is 9.80 Å². The van der Waals surface area contributed by atoms with E-state index in [0.717, 1.165) is 36.5 Å². The Morgan fingerprint density at radius 2 is 2.06 bits per heavy atom. The first kappa shape index (κ1) is 26.5. The molecule has 0 radical (unpaired) electrons. The molecule has 2 aliphatic rings. The molecule has 0 spiro atoms. The quantitative estimate of drug-likeness (QED) is 0.214. The predicted molar refractivity (Wildman–Crippen MR) is 140 cm³/mol. The summed E-state index contributed by atoms with van der Waals surface area (Å²) in [4.78, 5) is 17.5. The number of rotatable bonds is 9. The second kappa shape index (κ2) is 12.6. The number of carbonyl (C=O) groups is 1. The number of fused-ring (bicyclic) bond motifs is 2. The van der Waals surface area contributed by atoms with Crippen LogP contribution in [0, 0.1) is 6.92 Å². The first-order valence-corrected chi connectivity index (χ1v) is 15.2. The van der Waals surface area contributed by atoms with Crippen LogP contribution in [-0.2, 0) is 13.0 Å². The molecule has 2 aromatic carbocycles. The van der Waals surface area contributed by atoms with Gasteiger partial charge in [-0.05, 0) is 17.5 Å². The molecule has 2 aliphatic heterocycles. The number of nitrogens with two attached hydrogens (primary N) is 1. The van der Waals surface area contributed by atoms with Crippen molar-refractivity contribution in [2.45, 2.75) is 32.9 Å². The average Bonchev–Trinajstić information content (AvgIpc) is 3.02. The van der Waals surface area contributed by atoms with E-state index >= 15 is 0 Å². The molecule has 0 saturated heterocycles. The van der Waals surface area contributed by atoms with Crippen molar-refractivity contribution in [1.29, 1.82) is 0 Å². The molecule has 2 heterocycles. The van der Waals surface area contributed by atoms with Crippen LogP contribution in [-0.4, -0.2) is 64.1 Å². The number of nitrogens with zero attached hydrogens (tertiary/aromatic N) is 2. The van der Waals surface area contributed by atoms with E-state index in [0.29, 0.717) is 31.0 Å². The number of carbonyl (C=O) groups excluding carboxylic acids is 1. The fourth-order valence-corrected chi connectivity index (χ4v) is 5.88. The van der Waals surface area contributed by atoms with E-state index in [-0.39, 0.29) is 33.7 Å². The molecule has 0 saturated carbocycles. The van der Waals surface area contributed by atoms with E-state index in [1.165, 1.54) is 21.8 Å². The van der Waals surface area contributed by atoms with E-state index in [2.05, 4.69) is 45.5 Å². The van der Waals surface area contributed by atoms with Gasteiger partial charge in [0.15, 0.2) is 0 Å². The van der Waals surface area contributed by atoms with Crippen molar-refractivity contribution < 1.29 is 35.8 Å². The van der Waals surface area contributed by atoms with Crippen molar-refractivity contribution in [3.63, 3.8) is 0 Å². The normalized spacial score (nSPS) is 17.5. The third-order valence-electron chi connectivity index (χ3n) is 6.46. The summed E-state index contributed by atoms with van der Waals surface area (Å²) in [5.74, 6) is 0.490. The minimum absolute atomic E-state index is 0.0262. The summed E-state index contributed by atoms with van der Waals surface area (Å²) in [5.41, 5.74) is 11.5. The molecule has 1 unspecified atom stereocenters. The fourth-order valence-electron chi connectivity index (χ4n) is 4.73. The molecule has 7 nitrogen and oxygen atoms in total. The Balaban J connectivity index is 1.44. The molecule has 0 aliphatic carbocycles. The number of anilines is 1. The van der Waals surface area contributed by atoms with Crippen molar-refractivity contribution in [3.05, 3.63) is 80.7 Å². The van der Waals surface area contributed by atoms with Gasteiger partial charge in [0.1, 0.15) is 0 Å². The molecular formula is C28H36IN4O3-. The van der Waals surface area contributed by atoms with E-state index in [4.69, 9.17) is 10.5 Å². The maximum absolute atomic E-state index is 13.5. The van der Waals surface area contributed by atoms with Crippen LogP contribution in [0.4, 0.5) is 5.69 Å². The van der Waals surface area contributed by atoms with Crippen LogP contribution in [0.3, 0.4) is 0 Å². The zero-order valence-corrected chi connectivity index (χ0v) is 23.2. The van der Waals surface area contributed by atoms with E-state index < -0.39 is 6.10 Å². The number of halogens is 1. The van der Waals surface area contributed by atoms with Crippen LogP contribution in [0.2, 0.25) is 0 Å². The Morgan fingerprint density at radius 1 is 1.25 bits per heavy atom. The third kappa shape index (κ3) is 6.60. The SMILES string of the molecule is CC[I-]/C=C\C(=C/N)Nc1cc(C)c2c(c1)C(=O)N(CC(O)CN1CCc3ccccc3C1)CCO2. The molecular weight excluding hydrogens is 567 g/mol. The number of aryl methyl sites for hydroxylation is 1. The topological polar surface area (TPSA) is 91.1 Å². The van der Waals surface area contributed by atoms with Crippen LogP contribution in [0.5, 0.6) is 5.75 Å². The molecule has 4 N–H and O–H groups in total. The van der Waals surface area contributed by atoms with Crippen molar-refractivity contribution in [2.24, 2.45) is 5.73 Å². The Bertz CT molecular complexity index is 1130. The summed E-state index contributed by atoms with van der Waals surface area (Å²) < 4.78 is 9.34. The molecule has 36 heavy (non-hydrogen) atoms. The number of alkyl halides is 1. The number of nitrogens with one attached hydrogen (secondary N) is 1. The van der Waals surface area contributed by atoms with Gasteiger partial charge in [-0.15, -0.1) is 0 Å². The van der Waals surface area contributed by atoms with Crippen molar-refractivity contribution in [3.8, 4) is 5.75 Å². The Hall–Kier alpha value is -2.56. The molecule has 0 bridgehead atoms. The van der Waals surface area contributed by atoms with E-state index in [9.17, 15) is 9.90 Å². The Labute approximate surface area is 224 Å². The number of β-amino-alcohol motifs (C(OH)–C–C–N with tert-alkyl or cyclic N) is 1. The van der Waals surface area contributed by atoms with E-state index in [1.807, 2.05) is 25.1 Å². The van der Waals surface area contributed by atoms with Crippen molar-refractivity contribution >= 4 is 11.6 Å². The zero-order chi connectivity index (χ0) is 25.5. The minimum atomic E-state index is -0.637. The van der Waals surface area contributed by atoms with Crippen LogP contribution in [0.25, 0.3) is 0 Å². The number of amides is 1. The van der Waals surface area contributed by atoms with Gasteiger partial charge in [-0.1, -0.05) is 24.3 Å². The average molecular weight is 604 g/mol. The van der Waals surface area contributed by atoms with Gasteiger partial charge in [-0.2, -0.15) is 0 Å². The van der Waals surface area contributed by atoms with Gasteiger partial charge in [0.05, 0.1) is 0 Å². The van der Waals surface area contributed by atoms with Crippen LogP contribution in [0.1, 0.15) is 34.0 Å². The number of hydrogen-bond donors (Lipinski definition) is 3. The summed E-state index contributed by atoms with van der Waals surface area (Å²) in [6.45, 7) is 7.49. The number of hydrogen-bond acceptors (Lipinski definition) is 6. The Kier molecular flexibility index (Phi) is 9.28. The van der Waals surface area contributed by atoms with Gasteiger partial charge in [0.25, 0.3) is 0 Å². The van der Waals surface area contributed by atoms with Gasteiger partial charge in [0, 0.05) is 13.1 Å². The summed E-state index contributed by atoms with van der Waals surface area (Å²) in [6.07, 6.45) is 3.88. The second-order valence-electron chi connectivity index (χ2n) is 9.14. The van der Waals surface area contributed by atoms with Gasteiger partial charge in [-0.3, -0.25) is 4.90 Å². The number of benzene rings is 2. The first-order valence-electron chi connectivity index (χ1n) is 12.5. The molecule has 0 fully saturated rings. The molecule has 4 rings (SSSR count). The number of aliphatic hydroxyl groups excluding tert-OH is 1. The predicted octanol–water partition coefficient (Wildman–Crippen LogP) is 0.0834. The van der Waals surface area contributed by atoms with Gasteiger partial charge < -0.3 is 0 Å². The van der Waals surface area contributed by atoms with E-state index in [1.54, 1.807) is 4.90 Å². The Morgan fingerprint density at radius 3 is 2.83 bits per heavy atom.